The van der Waals surface area contributed by atoms with Crippen molar-refractivity contribution in [3.63, 3.8) is 0 Å². The molecule has 1 N–H and O–H groups in total. The third kappa shape index (κ3) is 4.44. The maximum Gasteiger partial charge on any atom is 0.180 e. The minimum Gasteiger partial charge on any atom is -0.177 e. The Balaban J connectivity index is 2.53. The Hall–Kier alpha value is -0.930. The van der Waals surface area contributed by atoms with Crippen molar-refractivity contribution in [3.05, 3.63) is 5.82 Å². The zero-order valence-electron chi connectivity index (χ0n) is 11.5. The smallest absolute Gasteiger partial charge is 0.177 e. The van der Waals surface area contributed by atoms with Crippen LogP contribution in [0, 0.1) is 0 Å². The summed E-state index contributed by atoms with van der Waals surface area (Å²) >= 11 is 0. The molecule has 4 nitrogen and oxygen atoms in total. The second-order valence-corrected chi connectivity index (χ2v) is 5.21. The van der Waals surface area contributed by atoms with E-state index in [9.17, 15) is 0 Å². The zero-order valence-corrected chi connectivity index (χ0v) is 11.5. The molecule has 1 heterocycles. The molecular weight excluding hydrogens is 212 g/mol. The molecule has 0 saturated carbocycles. The number of tetrazole rings is 1. The van der Waals surface area contributed by atoms with E-state index in [4.69, 9.17) is 0 Å². The van der Waals surface area contributed by atoms with Crippen molar-refractivity contribution in [2.75, 3.05) is 0 Å². The van der Waals surface area contributed by atoms with Gasteiger partial charge in [-0.25, -0.2) is 0 Å². The molecule has 4 heteroatoms. The molecule has 0 fully saturated rings. The fraction of sp³-hybridized carbons (Fsp3) is 0.923. The monoisotopic (exact) mass is 238 g/mol. The van der Waals surface area contributed by atoms with Gasteiger partial charge >= 0.3 is 0 Å². The summed E-state index contributed by atoms with van der Waals surface area (Å²) in [6.45, 7) is 6.75. The largest absolute Gasteiger partial charge is 0.180 e. The Kier molecular flexibility index (Phi) is 6.16. The molecule has 1 rings (SSSR count). The predicted molar refractivity (Wildman–Crippen MR) is 69.8 cm³/mol. The van der Waals surface area contributed by atoms with Crippen LogP contribution >= 0.6 is 0 Å². The standard InChI is InChI=1S/C13H26N4/c1-4-6-8-9-11-13(3,10-7-5-2)12-14-16-17-15-12/h4-11H2,1-3H3,(H,14,15,16,17). The van der Waals surface area contributed by atoms with Crippen LogP contribution in [0.4, 0.5) is 0 Å². The van der Waals surface area contributed by atoms with Crippen LogP contribution < -0.4 is 0 Å². The summed E-state index contributed by atoms with van der Waals surface area (Å²) in [6.07, 6.45) is 9.99. The summed E-state index contributed by atoms with van der Waals surface area (Å²) in [5.74, 6) is 0.891. The molecule has 0 bridgehead atoms. The van der Waals surface area contributed by atoms with E-state index in [0.717, 1.165) is 12.2 Å². The van der Waals surface area contributed by atoms with E-state index in [1.54, 1.807) is 0 Å². The van der Waals surface area contributed by atoms with Gasteiger partial charge in [-0.15, -0.1) is 10.2 Å². The van der Waals surface area contributed by atoms with Gasteiger partial charge in [0.15, 0.2) is 5.82 Å². The highest BCUT2D eigenvalue weighted by atomic mass is 15.5. The summed E-state index contributed by atoms with van der Waals surface area (Å²) in [7, 11) is 0. The molecule has 1 unspecified atom stereocenters. The van der Waals surface area contributed by atoms with Crippen LogP contribution in [0.2, 0.25) is 0 Å². The maximum atomic E-state index is 4.19. The molecule has 17 heavy (non-hydrogen) atoms. The van der Waals surface area contributed by atoms with Crippen molar-refractivity contribution >= 4 is 0 Å². The molecule has 1 atom stereocenters. The summed E-state index contributed by atoms with van der Waals surface area (Å²) in [4.78, 5) is 0. The Labute approximate surface area is 105 Å². The molecule has 0 aliphatic carbocycles. The first-order valence-electron chi connectivity index (χ1n) is 6.97. The number of rotatable bonds is 9. The lowest BCUT2D eigenvalue weighted by Gasteiger charge is -2.25. The number of hydrogen-bond acceptors (Lipinski definition) is 3. The molecule has 0 spiro atoms. The lowest BCUT2D eigenvalue weighted by Crippen LogP contribution is -2.24. The van der Waals surface area contributed by atoms with Gasteiger partial charge < -0.3 is 0 Å². The molecular formula is C13H26N4. The lowest BCUT2D eigenvalue weighted by atomic mass is 9.79. The minimum atomic E-state index is 0.108. The average Bonchev–Trinajstić information content (AvgIpc) is 2.86. The highest BCUT2D eigenvalue weighted by Gasteiger charge is 2.29. The molecule has 0 amide bonds. The van der Waals surface area contributed by atoms with E-state index in [-0.39, 0.29) is 5.41 Å². The fourth-order valence-electron chi connectivity index (χ4n) is 2.27. The molecule has 0 aliphatic heterocycles. The van der Waals surface area contributed by atoms with Crippen molar-refractivity contribution in [2.24, 2.45) is 0 Å². The van der Waals surface area contributed by atoms with E-state index < -0.39 is 0 Å². The first-order valence-corrected chi connectivity index (χ1v) is 6.97. The fourth-order valence-corrected chi connectivity index (χ4v) is 2.27. The number of aromatic amines is 1. The Bertz CT molecular complexity index is 284. The maximum absolute atomic E-state index is 4.19. The summed E-state index contributed by atoms with van der Waals surface area (Å²) in [5.41, 5.74) is 0.108. The van der Waals surface area contributed by atoms with Crippen LogP contribution in [-0.2, 0) is 5.41 Å². The lowest BCUT2D eigenvalue weighted by molar-refractivity contribution is 0.350. The SMILES string of the molecule is CCCCCCC(C)(CCCC)c1nn[nH]n1. The highest BCUT2D eigenvalue weighted by molar-refractivity contribution is 5.02. The van der Waals surface area contributed by atoms with Crippen molar-refractivity contribution in [1.29, 1.82) is 0 Å². The Morgan fingerprint density at radius 3 is 2.29 bits per heavy atom. The minimum absolute atomic E-state index is 0.108. The van der Waals surface area contributed by atoms with Crippen LogP contribution in [0.25, 0.3) is 0 Å². The van der Waals surface area contributed by atoms with Gasteiger partial charge in [0.1, 0.15) is 0 Å². The van der Waals surface area contributed by atoms with Crippen molar-refractivity contribution in [2.45, 2.75) is 77.6 Å². The van der Waals surface area contributed by atoms with Gasteiger partial charge in [-0.1, -0.05) is 64.5 Å². The van der Waals surface area contributed by atoms with Gasteiger partial charge in [0.25, 0.3) is 0 Å². The van der Waals surface area contributed by atoms with Crippen LogP contribution in [0.5, 0.6) is 0 Å². The number of nitrogens with zero attached hydrogens (tertiary/aromatic N) is 3. The van der Waals surface area contributed by atoms with Gasteiger partial charge in [-0.3, -0.25) is 0 Å². The normalized spacial score (nSPS) is 14.8. The second kappa shape index (κ2) is 7.41. The Morgan fingerprint density at radius 2 is 1.71 bits per heavy atom. The summed E-state index contributed by atoms with van der Waals surface area (Å²) in [6, 6.07) is 0. The van der Waals surface area contributed by atoms with Gasteiger partial charge in [-0.05, 0) is 12.8 Å². The molecule has 0 aromatic carbocycles. The van der Waals surface area contributed by atoms with Crippen molar-refractivity contribution < 1.29 is 0 Å². The average molecular weight is 238 g/mol. The molecule has 0 saturated heterocycles. The molecule has 1 aromatic rings. The number of H-pyrrole nitrogens is 1. The molecule has 98 valence electrons. The van der Waals surface area contributed by atoms with E-state index >= 15 is 0 Å². The topological polar surface area (TPSA) is 54.5 Å². The van der Waals surface area contributed by atoms with Gasteiger partial charge in [0.2, 0.25) is 0 Å². The quantitative estimate of drug-likeness (QED) is 0.668. The van der Waals surface area contributed by atoms with Crippen LogP contribution in [0.15, 0.2) is 0 Å². The number of nitrogens with one attached hydrogen (secondary N) is 1. The van der Waals surface area contributed by atoms with Crippen LogP contribution in [0.1, 0.15) is 78.0 Å². The summed E-state index contributed by atoms with van der Waals surface area (Å²) in [5, 5.41) is 14.7. The highest BCUT2D eigenvalue weighted by Crippen LogP contribution is 2.32. The van der Waals surface area contributed by atoms with E-state index in [2.05, 4.69) is 41.4 Å². The van der Waals surface area contributed by atoms with E-state index in [0.29, 0.717) is 0 Å². The molecule has 0 aliphatic rings. The molecule has 1 aromatic heterocycles. The summed E-state index contributed by atoms with van der Waals surface area (Å²) < 4.78 is 0. The van der Waals surface area contributed by atoms with E-state index in [1.165, 1.54) is 44.9 Å². The van der Waals surface area contributed by atoms with Crippen LogP contribution in [-0.4, -0.2) is 20.6 Å². The number of hydrogen-bond donors (Lipinski definition) is 1. The van der Waals surface area contributed by atoms with Crippen LogP contribution in [0.3, 0.4) is 0 Å². The first-order chi connectivity index (χ1) is 8.23. The van der Waals surface area contributed by atoms with Gasteiger partial charge in [-0.2, -0.15) is 5.21 Å². The number of aromatic nitrogens is 4. The van der Waals surface area contributed by atoms with Crippen molar-refractivity contribution in [1.82, 2.24) is 20.6 Å². The Morgan fingerprint density at radius 1 is 1.00 bits per heavy atom. The van der Waals surface area contributed by atoms with Gasteiger partial charge in [0, 0.05) is 5.41 Å². The number of unbranched alkanes of at least 4 members (excludes halogenated alkanes) is 4. The second-order valence-electron chi connectivity index (χ2n) is 5.21. The predicted octanol–water partition coefficient (Wildman–Crippen LogP) is 3.62. The van der Waals surface area contributed by atoms with Crippen molar-refractivity contribution in [3.8, 4) is 0 Å². The van der Waals surface area contributed by atoms with Gasteiger partial charge in [0.05, 0.1) is 0 Å². The third-order valence-corrected chi connectivity index (χ3v) is 3.55. The zero-order chi connectivity index (χ0) is 12.6. The first kappa shape index (κ1) is 14.1. The molecule has 0 radical (unpaired) electrons. The van der Waals surface area contributed by atoms with E-state index in [1.807, 2.05) is 0 Å². The third-order valence-electron chi connectivity index (χ3n) is 3.55.